The molecule has 1 heterocycles. The molecule has 1 rings (SSSR count). The Balaban J connectivity index is 0.000000671. The van der Waals surface area contributed by atoms with Gasteiger partial charge in [0.2, 0.25) is 0 Å². The standard InChI is InChI=1S/C8H11NO2.C2H6/c1-6(10)8-7(11-3)4-5-9(8)2;1-2/h4-5H,1-3H3;1-2H3. The highest BCUT2D eigenvalue weighted by molar-refractivity contribution is 5.95. The average molecular weight is 183 g/mol. The fourth-order valence-electron chi connectivity index (χ4n) is 1.09. The summed E-state index contributed by atoms with van der Waals surface area (Å²) in [6.45, 7) is 5.53. The molecule has 13 heavy (non-hydrogen) atoms. The minimum Gasteiger partial charge on any atom is -0.494 e. The van der Waals surface area contributed by atoms with Gasteiger partial charge in [-0.25, -0.2) is 0 Å². The van der Waals surface area contributed by atoms with Gasteiger partial charge in [-0.1, -0.05) is 13.8 Å². The molecule has 0 radical (unpaired) electrons. The minimum absolute atomic E-state index is 0.0225. The number of ketones is 1. The summed E-state index contributed by atoms with van der Waals surface area (Å²) in [4.78, 5) is 11.0. The highest BCUT2D eigenvalue weighted by atomic mass is 16.5. The van der Waals surface area contributed by atoms with Crippen molar-refractivity contribution in [1.29, 1.82) is 0 Å². The second-order valence-electron chi connectivity index (χ2n) is 2.40. The lowest BCUT2D eigenvalue weighted by Crippen LogP contribution is -2.02. The fraction of sp³-hybridized carbons (Fsp3) is 0.500. The van der Waals surface area contributed by atoms with Gasteiger partial charge in [0.1, 0.15) is 11.4 Å². The molecule has 1 aromatic rings. The Bertz CT molecular complexity index is 276. The first-order valence-electron chi connectivity index (χ1n) is 4.37. The highest BCUT2D eigenvalue weighted by Gasteiger charge is 2.10. The Morgan fingerprint density at radius 3 is 2.31 bits per heavy atom. The summed E-state index contributed by atoms with van der Waals surface area (Å²) in [5, 5.41) is 0. The number of aryl methyl sites for hydroxylation is 1. The lowest BCUT2D eigenvalue weighted by molar-refractivity contribution is 0.100. The van der Waals surface area contributed by atoms with Crippen molar-refractivity contribution < 1.29 is 9.53 Å². The van der Waals surface area contributed by atoms with E-state index in [1.807, 2.05) is 20.9 Å². The molecule has 0 bridgehead atoms. The molecule has 0 aliphatic heterocycles. The second kappa shape index (κ2) is 5.41. The number of carbonyl (C=O) groups is 1. The molecule has 0 fully saturated rings. The van der Waals surface area contributed by atoms with E-state index in [1.165, 1.54) is 6.92 Å². The summed E-state index contributed by atoms with van der Waals surface area (Å²) in [7, 11) is 3.38. The van der Waals surface area contributed by atoms with Crippen molar-refractivity contribution in [2.24, 2.45) is 7.05 Å². The van der Waals surface area contributed by atoms with Crippen LogP contribution in [-0.4, -0.2) is 17.5 Å². The fourth-order valence-corrected chi connectivity index (χ4v) is 1.09. The van der Waals surface area contributed by atoms with Crippen LogP contribution in [0.2, 0.25) is 0 Å². The van der Waals surface area contributed by atoms with E-state index >= 15 is 0 Å². The number of aromatic nitrogens is 1. The number of Topliss-reactive ketones (excluding diaryl/α,β-unsaturated/α-hetero) is 1. The van der Waals surface area contributed by atoms with Crippen LogP contribution in [0.5, 0.6) is 5.75 Å². The van der Waals surface area contributed by atoms with Crippen LogP contribution in [0.3, 0.4) is 0 Å². The van der Waals surface area contributed by atoms with Crippen molar-refractivity contribution in [3.05, 3.63) is 18.0 Å². The van der Waals surface area contributed by atoms with Gasteiger partial charge in [0.05, 0.1) is 7.11 Å². The largest absolute Gasteiger partial charge is 0.494 e. The summed E-state index contributed by atoms with van der Waals surface area (Å²) in [6.07, 6.45) is 1.80. The molecule has 0 spiro atoms. The van der Waals surface area contributed by atoms with Gasteiger partial charge in [-0.15, -0.1) is 0 Å². The van der Waals surface area contributed by atoms with Crippen LogP contribution >= 0.6 is 0 Å². The maximum atomic E-state index is 11.0. The molecule has 74 valence electrons. The van der Waals surface area contributed by atoms with Gasteiger partial charge < -0.3 is 9.30 Å². The molecule has 0 aliphatic rings. The molecule has 0 N–H and O–H groups in total. The molecular weight excluding hydrogens is 166 g/mol. The van der Waals surface area contributed by atoms with Crippen LogP contribution in [0.4, 0.5) is 0 Å². The Labute approximate surface area is 79.3 Å². The number of ether oxygens (including phenoxy) is 1. The van der Waals surface area contributed by atoms with Crippen LogP contribution in [0.15, 0.2) is 12.3 Å². The predicted molar refractivity (Wildman–Crippen MR) is 53.3 cm³/mol. The zero-order valence-electron chi connectivity index (χ0n) is 8.92. The van der Waals surface area contributed by atoms with Crippen molar-refractivity contribution in [3.63, 3.8) is 0 Å². The van der Waals surface area contributed by atoms with E-state index < -0.39 is 0 Å². The van der Waals surface area contributed by atoms with Crippen molar-refractivity contribution in [2.75, 3.05) is 7.11 Å². The van der Waals surface area contributed by atoms with E-state index in [2.05, 4.69) is 0 Å². The molecule has 0 saturated heterocycles. The predicted octanol–water partition coefficient (Wildman–Crippen LogP) is 2.26. The number of methoxy groups -OCH3 is 1. The SMILES string of the molecule is CC.COc1ccn(C)c1C(C)=O. The molecule has 1 aromatic heterocycles. The molecule has 0 unspecified atom stereocenters. The molecule has 0 aromatic carbocycles. The first-order valence-corrected chi connectivity index (χ1v) is 4.37. The van der Waals surface area contributed by atoms with Gasteiger partial charge in [-0.05, 0) is 6.07 Å². The molecule has 0 amide bonds. The number of nitrogens with zero attached hydrogens (tertiary/aromatic N) is 1. The molecule has 0 atom stereocenters. The van der Waals surface area contributed by atoms with Crippen LogP contribution in [0.25, 0.3) is 0 Å². The summed E-state index contributed by atoms with van der Waals surface area (Å²) in [5.74, 6) is 0.661. The third-order valence-corrected chi connectivity index (χ3v) is 1.59. The maximum Gasteiger partial charge on any atom is 0.179 e. The van der Waals surface area contributed by atoms with E-state index in [0.717, 1.165) is 0 Å². The van der Waals surface area contributed by atoms with Gasteiger partial charge in [0.25, 0.3) is 0 Å². The monoisotopic (exact) mass is 183 g/mol. The zero-order valence-corrected chi connectivity index (χ0v) is 8.92. The van der Waals surface area contributed by atoms with Gasteiger partial charge in [-0.2, -0.15) is 0 Å². The molecule has 3 heteroatoms. The summed E-state index contributed by atoms with van der Waals surface area (Å²) in [5.41, 5.74) is 0.618. The van der Waals surface area contributed by atoms with Crippen LogP contribution < -0.4 is 4.74 Å². The quantitative estimate of drug-likeness (QED) is 0.658. The third-order valence-electron chi connectivity index (χ3n) is 1.59. The van der Waals surface area contributed by atoms with Gasteiger partial charge in [-0.3, -0.25) is 4.79 Å². The lowest BCUT2D eigenvalue weighted by atomic mass is 10.3. The number of hydrogen-bond acceptors (Lipinski definition) is 2. The Hall–Kier alpha value is -1.25. The van der Waals surface area contributed by atoms with Crippen LogP contribution in [0.1, 0.15) is 31.3 Å². The van der Waals surface area contributed by atoms with Crippen molar-refractivity contribution in [3.8, 4) is 5.75 Å². The van der Waals surface area contributed by atoms with Crippen LogP contribution in [0, 0.1) is 0 Å². The smallest absolute Gasteiger partial charge is 0.179 e. The van der Waals surface area contributed by atoms with Gasteiger partial charge in [0.15, 0.2) is 5.78 Å². The molecule has 3 nitrogen and oxygen atoms in total. The van der Waals surface area contributed by atoms with Gasteiger partial charge in [0, 0.05) is 20.2 Å². The van der Waals surface area contributed by atoms with E-state index in [1.54, 1.807) is 23.9 Å². The van der Waals surface area contributed by atoms with Crippen molar-refractivity contribution >= 4 is 5.78 Å². The Morgan fingerprint density at radius 1 is 1.46 bits per heavy atom. The minimum atomic E-state index is 0.0225. The molecule has 0 aliphatic carbocycles. The molecular formula is C10H17NO2. The Morgan fingerprint density at radius 2 is 2.00 bits per heavy atom. The topological polar surface area (TPSA) is 31.2 Å². The van der Waals surface area contributed by atoms with E-state index in [4.69, 9.17) is 4.74 Å². The first-order chi connectivity index (χ1) is 6.16. The zero-order chi connectivity index (χ0) is 10.4. The number of carbonyl (C=O) groups excluding carboxylic acids is 1. The molecule has 0 saturated carbocycles. The van der Waals surface area contributed by atoms with Crippen LogP contribution in [-0.2, 0) is 7.05 Å². The maximum absolute atomic E-state index is 11.0. The number of hydrogen-bond donors (Lipinski definition) is 0. The summed E-state index contributed by atoms with van der Waals surface area (Å²) in [6, 6.07) is 1.77. The lowest BCUT2D eigenvalue weighted by Gasteiger charge is -2.01. The third kappa shape index (κ3) is 2.61. The summed E-state index contributed by atoms with van der Waals surface area (Å²) >= 11 is 0. The first kappa shape index (κ1) is 11.8. The highest BCUT2D eigenvalue weighted by Crippen LogP contribution is 2.18. The summed E-state index contributed by atoms with van der Waals surface area (Å²) < 4.78 is 6.74. The normalized spacial score (nSPS) is 8.69. The average Bonchev–Trinajstić information content (AvgIpc) is 2.50. The Kier molecular flexibility index (Phi) is 4.89. The van der Waals surface area contributed by atoms with E-state index in [-0.39, 0.29) is 5.78 Å². The van der Waals surface area contributed by atoms with Gasteiger partial charge >= 0.3 is 0 Å². The number of rotatable bonds is 2. The van der Waals surface area contributed by atoms with Crippen molar-refractivity contribution in [2.45, 2.75) is 20.8 Å². The van der Waals surface area contributed by atoms with Crippen molar-refractivity contribution in [1.82, 2.24) is 4.57 Å². The van der Waals surface area contributed by atoms with E-state index in [9.17, 15) is 4.79 Å². The second-order valence-corrected chi connectivity index (χ2v) is 2.40. The van der Waals surface area contributed by atoms with E-state index in [0.29, 0.717) is 11.4 Å².